The van der Waals surface area contributed by atoms with Crippen molar-refractivity contribution in [2.24, 2.45) is 0 Å². The molecule has 1 aromatic carbocycles. The van der Waals surface area contributed by atoms with Gasteiger partial charge in [-0.25, -0.2) is 8.42 Å². The third-order valence-electron chi connectivity index (χ3n) is 1.88. The van der Waals surface area contributed by atoms with Gasteiger partial charge in [0.2, 0.25) is 0 Å². The molecule has 0 aliphatic rings. The Morgan fingerprint density at radius 1 is 1.29 bits per heavy atom. The van der Waals surface area contributed by atoms with Crippen molar-refractivity contribution in [3.8, 4) is 0 Å². The molecule has 0 bridgehead atoms. The predicted octanol–water partition coefficient (Wildman–Crippen LogP) is 1.01. The SMILES string of the molecule is C[C@H](O)Cc1ccc(S(C)(=O)=O)cc1. The van der Waals surface area contributed by atoms with Crippen LogP contribution >= 0.6 is 0 Å². The zero-order valence-electron chi connectivity index (χ0n) is 8.27. The highest BCUT2D eigenvalue weighted by molar-refractivity contribution is 7.90. The lowest BCUT2D eigenvalue weighted by molar-refractivity contribution is 0.195. The molecular formula is C10H14O3S. The van der Waals surface area contributed by atoms with Crippen molar-refractivity contribution in [3.63, 3.8) is 0 Å². The molecule has 3 nitrogen and oxygen atoms in total. The predicted molar refractivity (Wildman–Crippen MR) is 54.9 cm³/mol. The van der Waals surface area contributed by atoms with E-state index in [2.05, 4.69) is 0 Å². The van der Waals surface area contributed by atoms with E-state index in [0.29, 0.717) is 11.3 Å². The Morgan fingerprint density at radius 3 is 2.14 bits per heavy atom. The highest BCUT2D eigenvalue weighted by Gasteiger charge is 2.06. The van der Waals surface area contributed by atoms with E-state index in [4.69, 9.17) is 5.11 Å². The average molecular weight is 214 g/mol. The second kappa shape index (κ2) is 4.11. The summed E-state index contributed by atoms with van der Waals surface area (Å²) in [4.78, 5) is 0.312. The van der Waals surface area contributed by atoms with Gasteiger partial charge in [0.15, 0.2) is 9.84 Å². The summed E-state index contributed by atoms with van der Waals surface area (Å²) in [6.07, 6.45) is 1.32. The van der Waals surface area contributed by atoms with Gasteiger partial charge < -0.3 is 5.11 Å². The molecule has 0 aliphatic heterocycles. The molecule has 1 atom stereocenters. The smallest absolute Gasteiger partial charge is 0.175 e. The largest absolute Gasteiger partial charge is 0.393 e. The Balaban J connectivity index is 2.90. The molecule has 0 saturated heterocycles. The number of benzene rings is 1. The van der Waals surface area contributed by atoms with Crippen LogP contribution in [0.15, 0.2) is 29.2 Å². The Hall–Kier alpha value is -0.870. The fourth-order valence-electron chi connectivity index (χ4n) is 1.21. The first kappa shape index (κ1) is 11.2. The second-order valence-corrected chi connectivity index (χ2v) is 5.48. The first-order valence-corrected chi connectivity index (χ1v) is 6.26. The molecule has 1 rings (SSSR count). The van der Waals surface area contributed by atoms with E-state index >= 15 is 0 Å². The van der Waals surface area contributed by atoms with Gasteiger partial charge in [0.05, 0.1) is 11.0 Å². The van der Waals surface area contributed by atoms with Crippen LogP contribution in [0.4, 0.5) is 0 Å². The Bertz CT molecular complexity index is 390. The fourth-order valence-corrected chi connectivity index (χ4v) is 1.84. The lowest BCUT2D eigenvalue weighted by atomic mass is 10.1. The Kier molecular flexibility index (Phi) is 3.29. The van der Waals surface area contributed by atoms with Crippen LogP contribution in [0.1, 0.15) is 12.5 Å². The quantitative estimate of drug-likeness (QED) is 0.817. The maximum atomic E-state index is 11.1. The molecule has 1 N–H and O–H groups in total. The van der Waals surface area contributed by atoms with Crippen molar-refractivity contribution in [3.05, 3.63) is 29.8 Å². The van der Waals surface area contributed by atoms with Crippen molar-refractivity contribution in [1.82, 2.24) is 0 Å². The summed E-state index contributed by atoms with van der Waals surface area (Å²) in [5, 5.41) is 9.12. The van der Waals surface area contributed by atoms with E-state index in [1.165, 1.54) is 6.26 Å². The van der Waals surface area contributed by atoms with Crippen LogP contribution in [0, 0.1) is 0 Å². The average Bonchev–Trinajstić information content (AvgIpc) is 2.02. The molecule has 4 heteroatoms. The summed E-state index contributed by atoms with van der Waals surface area (Å²) in [6, 6.07) is 6.58. The van der Waals surface area contributed by atoms with Crippen LogP contribution in [0.2, 0.25) is 0 Å². The summed E-state index contributed by atoms with van der Waals surface area (Å²) in [7, 11) is -3.11. The summed E-state index contributed by atoms with van der Waals surface area (Å²) in [5.41, 5.74) is 0.937. The molecule has 78 valence electrons. The normalized spacial score (nSPS) is 13.9. The second-order valence-electron chi connectivity index (χ2n) is 3.47. The van der Waals surface area contributed by atoms with Crippen LogP contribution in [-0.2, 0) is 16.3 Å². The van der Waals surface area contributed by atoms with Gasteiger partial charge in [0.25, 0.3) is 0 Å². The molecule has 14 heavy (non-hydrogen) atoms. The molecule has 0 unspecified atom stereocenters. The molecule has 0 saturated carbocycles. The molecule has 0 fully saturated rings. The monoisotopic (exact) mass is 214 g/mol. The third kappa shape index (κ3) is 3.12. The molecule has 0 radical (unpaired) electrons. The molecule has 0 heterocycles. The van der Waals surface area contributed by atoms with Crippen LogP contribution in [0.3, 0.4) is 0 Å². The zero-order valence-corrected chi connectivity index (χ0v) is 9.08. The van der Waals surface area contributed by atoms with Gasteiger partial charge in [0, 0.05) is 6.26 Å². The first-order valence-electron chi connectivity index (χ1n) is 4.36. The van der Waals surface area contributed by atoms with Gasteiger partial charge in [-0.15, -0.1) is 0 Å². The number of sulfone groups is 1. The molecule has 1 aromatic rings. The van der Waals surface area contributed by atoms with Crippen LogP contribution in [-0.4, -0.2) is 25.9 Å². The summed E-state index contributed by atoms with van der Waals surface area (Å²) < 4.78 is 22.2. The van der Waals surface area contributed by atoms with E-state index < -0.39 is 15.9 Å². The minimum absolute atomic E-state index is 0.312. The van der Waals surface area contributed by atoms with E-state index in [9.17, 15) is 8.42 Å². The minimum Gasteiger partial charge on any atom is -0.393 e. The molecular weight excluding hydrogens is 200 g/mol. The number of hydrogen-bond donors (Lipinski definition) is 1. The number of aliphatic hydroxyl groups excluding tert-OH is 1. The van der Waals surface area contributed by atoms with Crippen LogP contribution in [0.5, 0.6) is 0 Å². The lowest BCUT2D eigenvalue weighted by Gasteiger charge is -2.04. The van der Waals surface area contributed by atoms with Gasteiger partial charge >= 0.3 is 0 Å². The topological polar surface area (TPSA) is 54.4 Å². The zero-order chi connectivity index (χ0) is 10.8. The summed E-state index contributed by atoms with van der Waals surface area (Å²) in [6.45, 7) is 1.70. The maximum absolute atomic E-state index is 11.1. The number of hydrogen-bond acceptors (Lipinski definition) is 3. The Morgan fingerprint density at radius 2 is 1.79 bits per heavy atom. The third-order valence-corrected chi connectivity index (χ3v) is 3.01. The van der Waals surface area contributed by atoms with Gasteiger partial charge in [-0.3, -0.25) is 0 Å². The highest BCUT2D eigenvalue weighted by atomic mass is 32.2. The van der Waals surface area contributed by atoms with Crippen molar-refractivity contribution < 1.29 is 13.5 Å². The van der Waals surface area contributed by atoms with E-state index in [0.717, 1.165) is 5.56 Å². The number of rotatable bonds is 3. The van der Waals surface area contributed by atoms with E-state index in [1.54, 1.807) is 31.2 Å². The van der Waals surface area contributed by atoms with Crippen molar-refractivity contribution in [1.29, 1.82) is 0 Å². The molecule has 0 aromatic heterocycles. The first-order chi connectivity index (χ1) is 6.39. The standard InChI is InChI=1S/C10H14O3S/c1-8(11)7-9-3-5-10(6-4-9)14(2,12)13/h3-6,8,11H,7H2,1-2H3/t8-/m0/s1. The van der Waals surface area contributed by atoms with Gasteiger partial charge in [-0.1, -0.05) is 12.1 Å². The van der Waals surface area contributed by atoms with Crippen molar-refractivity contribution in [2.75, 3.05) is 6.26 Å². The maximum Gasteiger partial charge on any atom is 0.175 e. The highest BCUT2D eigenvalue weighted by Crippen LogP contribution is 2.11. The molecule has 0 aliphatic carbocycles. The summed E-state index contributed by atoms with van der Waals surface area (Å²) in [5.74, 6) is 0. The van der Waals surface area contributed by atoms with Crippen LogP contribution in [0.25, 0.3) is 0 Å². The number of aliphatic hydroxyl groups is 1. The minimum atomic E-state index is -3.11. The van der Waals surface area contributed by atoms with Crippen molar-refractivity contribution in [2.45, 2.75) is 24.3 Å². The van der Waals surface area contributed by atoms with Gasteiger partial charge in [0.1, 0.15) is 0 Å². The Labute approximate surface area is 84.3 Å². The van der Waals surface area contributed by atoms with Gasteiger partial charge in [-0.05, 0) is 31.0 Å². The van der Waals surface area contributed by atoms with E-state index in [1.807, 2.05) is 0 Å². The molecule has 0 amide bonds. The van der Waals surface area contributed by atoms with Crippen LogP contribution < -0.4 is 0 Å². The van der Waals surface area contributed by atoms with Gasteiger partial charge in [-0.2, -0.15) is 0 Å². The molecule has 0 spiro atoms. The van der Waals surface area contributed by atoms with E-state index in [-0.39, 0.29) is 0 Å². The summed E-state index contributed by atoms with van der Waals surface area (Å²) >= 11 is 0. The fraction of sp³-hybridized carbons (Fsp3) is 0.400. The van der Waals surface area contributed by atoms with Crippen molar-refractivity contribution >= 4 is 9.84 Å². The lowest BCUT2D eigenvalue weighted by Crippen LogP contribution is -2.04.